The third kappa shape index (κ3) is 2.68. The number of halogens is 1. The van der Waals surface area contributed by atoms with Crippen molar-refractivity contribution in [2.75, 3.05) is 7.11 Å². The quantitative estimate of drug-likeness (QED) is 0.909. The van der Waals surface area contributed by atoms with Crippen LogP contribution in [-0.4, -0.2) is 28.4 Å². The van der Waals surface area contributed by atoms with Crippen molar-refractivity contribution in [1.82, 2.24) is 14.9 Å². The molecular weight excluding hydrogens is 317 g/mol. The van der Waals surface area contributed by atoms with Crippen LogP contribution in [0.15, 0.2) is 16.9 Å². The lowest BCUT2D eigenvalue weighted by molar-refractivity contribution is 0.0501. The molecule has 0 aliphatic carbocycles. The lowest BCUT2D eigenvalue weighted by Crippen LogP contribution is -2.36. The van der Waals surface area contributed by atoms with Crippen molar-refractivity contribution < 1.29 is 18.7 Å². The number of nitrogens with one attached hydrogen (secondary N) is 1. The van der Waals surface area contributed by atoms with Crippen molar-refractivity contribution >= 4 is 17.1 Å². The van der Waals surface area contributed by atoms with E-state index in [4.69, 9.17) is 9.47 Å². The predicted octanol–water partition coefficient (Wildman–Crippen LogP) is 2.12. The zero-order chi connectivity index (χ0) is 17.6. The van der Waals surface area contributed by atoms with Crippen LogP contribution in [0.5, 0.6) is 5.88 Å². The zero-order valence-corrected chi connectivity index (χ0v) is 13.8. The number of aromatic nitrogens is 2. The first-order chi connectivity index (χ1) is 11.2. The normalized spacial score (nSPS) is 16.3. The number of alkyl carbamates (subject to hydrolysis) is 1. The van der Waals surface area contributed by atoms with Crippen LogP contribution < -0.4 is 15.6 Å². The molecule has 1 aliphatic rings. The summed E-state index contributed by atoms with van der Waals surface area (Å²) in [5.41, 5.74) is -0.129. The van der Waals surface area contributed by atoms with Gasteiger partial charge in [-0.05, 0) is 32.9 Å². The Bertz CT molecular complexity index is 885. The van der Waals surface area contributed by atoms with Crippen LogP contribution in [0, 0.1) is 5.82 Å². The van der Waals surface area contributed by atoms with E-state index in [0.717, 1.165) is 0 Å². The molecule has 2 aromatic rings. The summed E-state index contributed by atoms with van der Waals surface area (Å²) < 4.78 is 25.9. The van der Waals surface area contributed by atoms with Gasteiger partial charge in [-0.3, -0.25) is 9.36 Å². The minimum atomic E-state index is -0.717. The molecule has 1 aromatic heterocycles. The summed E-state index contributed by atoms with van der Waals surface area (Å²) in [7, 11) is 1.35. The number of carbonyl (C=O) groups is 1. The van der Waals surface area contributed by atoms with Gasteiger partial charge in [0.15, 0.2) is 0 Å². The Morgan fingerprint density at radius 3 is 2.75 bits per heavy atom. The van der Waals surface area contributed by atoms with E-state index in [2.05, 4.69) is 10.3 Å². The number of hydrogen-bond acceptors (Lipinski definition) is 5. The van der Waals surface area contributed by atoms with Gasteiger partial charge in [0.1, 0.15) is 11.4 Å². The molecule has 0 spiro atoms. The van der Waals surface area contributed by atoms with E-state index in [1.165, 1.54) is 23.8 Å². The SMILES string of the molecule is COc1nc2ccc(F)c3c2n(c1=O)C[C@@H]3NC(=O)OC(C)(C)C. The molecule has 8 heteroatoms. The summed E-state index contributed by atoms with van der Waals surface area (Å²) in [5, 5.41) is 2.62. The van der Waals surface area contributed by atoms with Gasteiger partial charge in [0.25, 0.3) is 5.88 Å². The van der Waals surface area contributed by atoms with Crippen LogP contribution in [0.1, 0.15) is 32.4 Å². The summed E-state index contributed by atoms with van der Waals surface area (Å²) in [6.45, 7) is 5.29. The molecule has 1 atom stereocenters. The highest BCUT2D eigenvalue weighted by Gasteiger charge is 2.32. The average Bonchev–Trinajstić information content (AvgIpc) is 2.84. The summed E-state index contributed by atoms with van der Waals surface area (Å²) in [6, 6.07) is 2.02. The first kappa shape index (κ1) is 16.2. The van der Waals surface area contributed by atoms with Gasteiger partial charge in [-0.1, -0.05) is 0 Å². The fourth-order valence-corrected chi connectivity index (χ4v) is 2.80. The summed E-state index contributed by atoms with van der Waals surface area (Å²) in [4.78, 5) is 28.5. The molecule has 3 rings (SSSR count). The maximum atomic E-state index is 14.3. The molecule has 0 saturated carbocycles. The minimum absolute atomic E-state index is 0.0713. The maximum absolute atomic E-state index is 14.3. The van der Waals surface area contributed by atoms with Gasteiger partial charge >= 0.3 is 11.7 Å². The Kier molecular flexibility index (Phi) is 3.70. The fraction of sp³-hybridized carbons (Fsp3) is 0.438. The van der Waals surface area contributed by atoms with Gasteiger partial charge in [-0.2, -0.15) is 0 Å². The highest BCUT2D eigenvalue weighted by molar-refractivity contribution is 5.82. The van der Waals surface area contributed by atoms with Crippen LogP contribution in [0.3, 0.4) is 0 Å². The van der Waals surface area contributed by atoms with Crippen molar-refractivity contribution in [1.29, 1.82) is 0 Å². The van der Waals surface area contributed by atoms with E-state index >= 15 is 0 Å². The van der Waals surface area contributed by atoms with Crippen molar-refractivity contribution in [3.05, 3.63) is 33.9 Å². The molecule has 1 aromatic carbocycles. The minimum Gasteiger partial charge on any atom is -0.477 e. The number of amides is 1. The molecule has 0 unspecified atom stereocenters. The Balaban J connectivity index is 2.04. The Labute approximate surface area is 137 Å². The highest BCUT2D eigenvalue weighted by Crippen LogP contribution is 2.33. The van der Waals surface area contributed by atoms with Gasteiger partial charge < -0.3 is 14.8 Å². The molecule has 7 nitrogen and oxygen atoms in total. The van der Waals surface area contributed by atoms with Crippen molar-refractivity contribution in [2.45, 2.75) is 39.0 Å². The van der Waals surface area contributed by atoms with Gasteiger partial charge in [-0.25, -0.2) is 14.2 Å². The van der Waals surface area contributed by atoms with Crippen molar-refractivity contribution in [3.63, 3.8) is 0 Å². The van der Waals surface area contributed by atoms with Crippen LogP contribution in [0.25, 0.3) is 11.0 Å². The van der Waals surface area contributed by atoms with Crippen LogP contribution in [-0.2, 0) is 11.3 Å². The van der Waals surface area contributed by atoms with Crippen LogP contribution in [0.4, 0.5) is 9.18 Å². The highest BCUT2D eigenvalue weighted by atomic mass is 19.1. The largest absolute Gasteiger partial charge is 0.477 e. The van der Waals surface area contributed by atoms with E-state index in [1.807, 2.05) is 0 Å². The number of hydrogen-bond donors (Lipinski definition) is 1. The predicted molar refractivity (Wildman–Crippen MR) is 84.6 cm³/mol. The topological polar surface area (TPSA) is 82.5 Å². The molecule has 1 N–H and O–H groups in total. The number of benzene rings is 1. The van der Waals surface area contributed by atoms with E-state index in [0.29, 0.717) is 11.0 Å². The molecule has 2 heterocycles. The number of methoxy groups -OCH3 is 1. The smallest absolute Gasteiger partial charge is 0.408 e. The number of carbonyl (C=O) groups excluding carboxylic acids is 1. The van der Waals surface area contributed by atoms with E-state index in [-0.39, 0.29) is 18.0 Å². The molecule has 128 valence electrons. The van der Waals surface area contributed by atoms with Crippen LogP contribution >= 0.6 is 0 Å². The molecule has 1 aliphatic heterocycles. The summed E-state index contributed by atoms with van der Waals surface area (Å²) in [6.07, 6.45) is -0.676. The third-order valence-electron chi connectivity index (χ3n) is 3.66. The lowest BCUT2D eigenvalue weighted by atomic mass is 10.1. The van der Waals surface area contributed by atoms with Crippen molar-refractivity contribution in [3.8, 4) is 5.88 Å². The number of ether oxygens (including phenoxy) is 2. The second-order valence-corrected chi connectivity index (χ2v) is 6.56. The Morgan fingerprint density at radius 2 is 2.12 bits per heavy atom. The van der Waals surface area contributed by atoms with Gasteiger partial charge in [0.2, 0.25) is 0 Å². The Hall–Kier alpha value is -2.64. The average molecular weight is 335 g/mol. The molecule has 0 radical (unpaired) electrons. The van der Waals surface area contributed by atoms with Gasteiger partial charge in [0, 0.05) is 5.56 Å². The Morgan fingerprint density at radius 1 is 1.42 bits per heavy atom. The van der Waals surface area contributed by atoms with E-state index < -0.39 is 29.1 Å². The molecule has 0 fully saturated rings. The summed E-state index contributed by atoms with van der Waals surface area (Å²) in [5.74, 6) is -0.584. The molecule has 24 heavy (non-hydrogen) atoms. The molecular formula is C16H18FN3O4. The number of rotatable bonds is 2. The van der Waals surface area contributed by atoms with E-state index in [9.17, 15) is 14.0 Å². The molecule has 1 amide bonds. The fourth-order valence-electron chi connectivity index (χ4n) is 2.80. The van der Waals surface area contributed by atoms with E-state index in [1.54, 1.807) is 20.8 Å². The van der Waals surface area contributed by atoms with Gasteiger partial charge in [0.05, 0.1) is 30.7 Å². The zero-order valence-electron chi connectivity index (χ0n) is 13.8. The monoisotopic (exact) mass is 335 g/mol. The lowest BCUT2D eigenvalue weighted by Gasteiger charge is -2.22. The van der Waals surface area contributed by atoms with Gasteiger partial charge in [-0.15, -0.1) is 0 Å². The maximum Gasteiger partial charge on any atom is 0.408 e. The third-order valence-corrected chi connectivity index (χ3v) is 3.66. The first-order valence-electron chi connectivity index (χ1n) is 7.47. The first-order valence-corrected chi connectivity index (χ1v) is 7.47. The van der Waals surface area contributed by atoms with Crippen molar-refractivity contribution in [2.24, 2.45) is 0 Å². The standard InChI is InChI=1S/C16H18FN3O4/c1-16(2,3)24-15(22)19-10-7-20-12-9(6-5-8(17)11(10)12)18-13(23-4)14(20)21/h5-6,10H,7H2,1-4H3,(H,19,22)/t10-/m0/s1. The van der Waals surface area contributed by atoms with Crippen LogP contribution in [0.2, 0.25) is 0 Å². The summed E-state index contributed by atoms with van der Waals surface area (Å²) >= 11 is 0. The molecule has 0 saturated heterocycles. The second-order valence-electron chi connectivity index (χ2n) is 6.56. The number of nitrogens with zero attached hydrogens (tertiary/aromatic N) is 2. The molecule has 0 bridgehead atoms. The second kappa shape index (κ2) is 5.47.